The summed E-state index contributed by atoms with van der Waals surface area (Å²) in [6.07, 6.45) is 1.85. The second-order valence-electron chi connectivity index (χ2n) is 8.52. The molecule has 0 radical (unpaired) electrons. The highest BCUT2D eigenvalue weighted by Gasteiger charge is 2.57. The second-order valence-corrected chi connectivity index (χ2v) is 8.52. The first-order valence-electron chi connectivity index (χ1n) is 9.62. The zero-order chi connectivity index (χ0) is 20.7. The number of nitrogens with two attached hydrogens (primary N) is 1. The maximum atomic E-state index is 15.2. The van der Waals surface area contributed by atoms with Crippen LogP contribution in [0.2, 0.25) is 0 Å². The first-order chi connectivity index (χ1) is 13.7. The molecular formula is C20H21F2N3O4. The van der Waals surface area contributed by atoms with Gasteiger partial charge >= 0.3 is 5.97 Å². The van der Waals surface area contributed by atoms with E-state index in [4.69, 9.17) is 10.5 Å². The summed E-state index contributed by atoms with van der Waals surface area (Å²) in [4.78, 5) is 25.9. The zero-order valence-electron chi connectivity index (χ0n) is 15.8. The number of halogens is 2. The van der Waals surface area contributed by atoms with Crippen LogP contribution < -0.4 is 20.8 Å². The van der Waals surface area contributed by atoms with E-state index in [-0.39, 0.29) is 41.3 Å². The number of hydrogen-bond donors (Lipinski definition) is 2. The van der Waals surface area contributed by atoms with Crippen LogP contribution in [0.1, 0.15) is 29.7 Å². The van der Waals surface area contributed by atoms with Crippen LogP contribution in [-0.2, 0) is 0 Å². The molecule has 3 heterocycles. The lowest BCUT2D eigenvalue weighted by atomic mass is 9.62. The van der Waals surface area contributed by atoms with Crippen molar-refractivity contribution in [2.24, 2.45) is 17.6 Å². The van der Waals surface area contributed by atoms with E-state index in [0.29, 0.717) is 25.0 Å². The van der Waals surface area contributed by atoms with Gasteiger partial charge in [0.15, 0.2) is 11.6 Å². The molecule has 1 aromatic heterocycles. The van der Waals surface area contributed by atoms with Crippen molar-refractivity contribution < 1.29 is 23.4 Å². The summed E-state index contributed by atoms with van der Waals surface area (Å²) in [5, 5.41) is 9.34. The number of carbonyl (C=O) groups is 1. The van der Waals surface area contributed by atoms with Crippen LogP contribution in [0, 0.1) is 17.7 Å². The van der Waals surface area contributed by atoms with E-state index in [1.165, 1.54) is 6.20 Å². The Kier molecular flexibility index (Phi) is 3.74. The van der Waals surface area contributed by atoms with Crippen molar-refractivity contribution in [2.75, 3.05) is 31.3 Å². The number of hydrogen-bond acceptors (Lipinski definition) is 5. The average Bonchev–Trinajstić information content (AvgIpc) is 2.92. The number of carboxylic acid groups (broad SMARTS) is 1. The van der Waals surface area contributed by atoms with E-state index >= 15 is 4.39 Å². The standard InChI is InChI=1S/C20H21F2N3O4/c1-9-7-29-18-15-11(17(26)12(19(27)28)5-25(9)15)2-14(22)16(18)24-6-13-10(4-21)3-20(13,23)8-24/h2,5,9-10,13H,3-4,6-8,23H2,1H3,(H,27,28)/t9-,10+,13+,20+/m0/s1. The molecule has 9 heteroatoms. The molecule has 154 valence electrons. The molecule has 1 saturated heterocycles. The first kappa shape index (κ1) is 18.4. The fourth-order valence-corrected chi connectivity index (χ4v) is 5.25. The van der Waals surface area contributed by atoms with E-state index in [1.807, 2.05) is 6.92 Å². The summed E-state index contributed by atoms with van der Waals surface area (Å²) in [7, 11) is 0. The lowest BCUT2D eigenvalue weighted by molar-refractivity contribution is 0.0629. The molecular weight excluding hydrogens is 384 g/mol. The normalized spacial score (nSPS) is 30.1. The predicted molar refractivity (Wildman–Crippen MR) is 102 cm³/mol. The highest BCUT2D eigenvalue weighted by atomic mass is 19.1. The third-order valence-electron chi connectivity index (χ3n) is 6.74. The SMILES string of the molecule is C[C@H]1COc2c(N3C[C@@H]4[C@@H](CF)C[C@@]4(N)C3)c(F)cc3c(=O)c(C(=O)O)cn1c23. The van der Waals surface area contributed by atoms with Gasteiger partial charge in [0.1, 0.15) is 17.9 Å². The van der Waals surface area contributed by atoms with Crippen molar-refractivity contribution in [3.05, 3.63) is 33.9 Å². The molecule has 3 N–H and O–H groups in total. The van der Waals surface area contributed by atoms with Crippen LogP contribution in [0.4, 0.5) is 14.5 Å². The van der Waals surface area contributed by atoms with Gasteiger partial charge in [-0.05, 0) is 25.3 Å². The molecule has 2 aliphatic heterocycles. The van der Waals surface area contributed by atoms with Gasteiger partial charge in [-0.3, -0.25) is 9.18 Å². The Morgan fingerprint density at radius 1 is 1.48 bits per heavy atom. The number of anilines is 1. The molecule has 0 spiro atoms. The highest BCUT2D eigenvalue weighted by molar-refractivity contribution is 5.97. The summed E-state index contributed by atoms with van der Waals surface area (Å²) < 4.78 is 36.0. The van der Waals surface area contributed by atoms with Gasteiger partial charge in [-0.2, -0.15) is 0 Å². The molecule has 1 aromatic carbocycles. The van der Waals surface area contributed by atoms with Crippen molar-refractivity contribution in [1.29, 1.82) is 0 Å². The topological polar surface area (TPSA) is 97.8 Å². The smallest absolute Gasteiger partial charge is 0.341 e. The van der Waals surface area contributed by atoms with Gasteiger partial charge in [-0.1, -0.05) is 0 Å². The first-order valence-corrected chi connectivity index (χ1v) is 9.62. The van der Waals surface area contributed by atoms with Crippen LogP contribution in [0.3, 0.4) is 0 Å². The van der Waals surface area contributed by atoms with Gasteiger partial charge in [-0.15, -0.1) is 0 Å². The monoisotopic (exact) mass is 405 g/mol. The predicted octanol–water partition coefficient (Wildman–Crippen LogP) is 1.92. The number of pyridine rings is 1. The third-order valence-corrected chi connectivity index (χ3v) is 6.74. The van der Waals surface area contributed by atoms with Gasteiger partial charge in [-0.25, -0.2) is 9.18 Å². The van der Waals surface area contributed by atoms with Gasteiger partial charge in [0.2, 0.25) is 5.43 Å². The van der Waals surface area contributed by atoms with Crippen molar-refractivity contribution in [3.8, 4) is 5.75 Å². The van der Waals surface area contributed by atoms with Crippen molar-refractivity contribution >= 4 is 22.6 Å². The fraction of sp³-hybridized carbons (Fsp3) is 0.500. The number of aromatic nitrogens is 1. The van der Waals surface area contributed by atoms with E-state index in [9.17, 15) is 19.1 Å². The number of benzene rings is 1. The molecule has 1 saturated carbocycles. The van der Waals surface area contributed by atoms with Crippen LogP contribution in [-0.4, -0.2) is 47.6 Å². The number of ether oxygens (including phenoxy) is 1. The van der Waals surface area contributed by atoms with E-state index in [0.717, 1.165) is 6.07 Å². The second kappa shape index (κ2) is 5.91. The summed E-state index contributed by atoms with van der Waals surface area (Å²) in [6.45, 7) is 2.38. The summed E-state index contributed by atoms with van der Waals surface area (Å²) in [5.41, 5.74) is 5.28. The highest BCUT2D eigenvalue weighted by Crippen LogP contribution is 2.51. The Hall–Kier alpha value is -2.68. The minimum Gasteiger partial charge on any atom is -0.487 e. The molecule has 3 aliphatic rings. The molecule has 0 bridgehead atoms. The third kappa shape index (κ3) is 2.36. The number of carboxylic acids is 1. The number of aromatic carboxylic acids is 1. The van der Waals surface area contributed by atoms with Gasteiger partial charge < -0.3 is 25.0 Å². The van der Waals surface area contributed by atoms with Crippen molar-refractivity contribution in [2.45, 2.75) is 24.9 Å². The fourth-order valence-electron chi connectivity index (χ4n) is 5.25. The molecule has 7 nitrogen and oxygen atoms in total. The minimum atomic E-state index is -1.36. The quantitative estimate of drug-likeness (QED) is 0.810. The van der Waals surface area contributed by atoms with Crippen LogP contribution in [0.15, 0.2) is 17.1 Å². The minimum absolute atomic E-state index is 0.0287. The molecule has 5 rings (SSSR count). The van der Waals surface area contributed by atoms with Gasteiger partial charge in [0.25, 0.3) is 0 Å². The number of rotatable bonds is 3. The molecule has 2 fully saturated rings. The van der Waals surface area contributed by atoms with Gasteiger partial charge in [0, 0.05) is 30.7 Å². The van der Waals surface area contributed by atoms with Gasteiger partial charge in [0.05, 0.1) is 23.6 Å². The van der Waals surface area contributed by atoms with Crippen LogP contribution in [0.5, 0.6) is 5.75 Å². The Balaban J connectivity index is 1.72. The van der Waals surface area contributed by atoms with Crippen molar-refractivity contribution in [1.82, 2.24) is 4.57 Å². The lowest BCUT2D eigenvalue weighted by Crippen LogP contribution is -2.60. The molecule has 1 aliphatic carbocycles. The van der Waals surface area contributed by atoms with Crippen LogP contribution in [0.25, 0.3) is 10.9 Å². The zero-order valence-corrected chi connectivity index (χ0v) is 15.8. The van der Waals surface area contributed by atoms with E-state index in [1.54, 1.807) is 9.47 Å². The molecule has 2 aromatic rings. The molecule has 0 amide bonds. The number of alkyl halides is 1. The molecule has 29 heavy (non-hydrogen) atoms. The average molecular weight is 405 g/mol. The Morgan fingerprint density at radius 3 is 2.93 bits per heavy atom. The summed E-state index contributed by atoms with van der Waals surface area (Å²) in [6, 6.07) is 0.852. The number of fused-ring (bicyclic) bond motifs is 1. The van der Waals surface area contributed by atoms with E-state index in [2.05, 4.69) is 0 Å². The van der Waals surface area contributed by atoms with E-state index < -0.39 is 35.0 Å². The lowest BCUT2D eigenvalue weighted by Gasteiger charge is -2.46. The maximum absolute atomic E-state index is 15.2. The summed E-state index contributed by atoms with van der Waals surface area (Å²) >= 11 is 0. The van der Waals surface area contributed by atoms with Crippen LogP contribution >= 0.6 is 0 Å². The largest absolute Gasteiger partial charge is 0.487 e. The Bertz CT molecular complexity index is 1120. The number of nitrogens with zero attached hydrogens (tertiary/aromatic N) is 2. The Morgan fingerprint density at radius 2 is 2.24 bits per heavy atom. The maximum Gasteiger partial charge on any atom is 0.341 e. The summed E-state index contributed by atoms with van der Waals surface area (Å²) in [5.74, 6) is -2.00. The molecule has 0 unspecified atom stereocenters. The molecule has 4 atom stereocenters. The van der Waals surface area contributed by atoms with Crippen molar-refractivity contribution in [3.63, 3.8) is 0 Å². The Labute approximate surface area is 164 Å².